The number of carbonyl (C=O) groups is 2. The second-order valence-electron chi connectivity index (χ2n) is 10.3. The summed E-state index contributed by atoms with van der Waals surface area (Å²) >= 11 is 1.35. The molecule has 0 aromatic carbocycles. The molecule has 2 fully saturated rings. The number of nitrogens with two attached hydrogens (primary N) is 1. The highest BCUT2D eigenvalue weighted by molar-refractivity contribution is 7.21. The largest absolute Gasteiger partial charge is 0.397 e. The number of aromatic nitrogens is 4. The number of nitrogen functional groups attached to an aromatic ring is 1. The predicted molar refractivity (Wildman–Crippen MR) is 137 cm³/mol. The van der Waals surface area contributed by atoms with Crippen molar-refractivity contribution in [2.75, 3.05) is 18.8 Å². The van der Waals surface area contributed by atoms with Gasteiger partial charge in [0.2, 0.25) is 0 Å². The minimum atomic E-state index is -0.0343. The van der Waals surface area contributed by atoms with Gasteiger partial charge in [0.1, 0.15) is 9.71 Å². The van der Waals surface area contributed by atoms with Gasteiger partial charge in [0.25, 0.3) is 11.8 Å². The first-order valence-electron chi connectivity index (χ1n) is 12.3. The molecule has 1 aliphatic carbocycles. The van der Waals surface area contributed by atoms with Crippen LogP contribution in [0, 0.1) is 26.2 Å². The molecule has 1 spiro atoms. The SMILES string of the molecule is Cc1nn(C)cc1C(=O)NC1CCC2(CC1)CCN(C(=O)c1sc3nnc(C)c(C)c3c1N)CC2. The maximum absolute atomic E-state index is 13.3. The fourth-order valence-corrected chi connectivity index (χ4v) is 6.76. The van der Waals surface area contributed by atoms with E-state index in [4.69, 9.17) is 5.73 Å². The van der Waals surface area contributed by atoms with Crippen LogP contribution in [0.25, 0.3) is 10.2 Å². The van der Waals surface area contributed by atoms with E-state index in [9.17, 15) is 9.59 Å². The molecule has 0 atom stereocenters. The van der Waals surface area contributed by atoms with Crippen LogP contribution in [0.3, 0.4) is 0 Å². The molecule has 1 aliphatic heterocycles. The molecule has 186 valence electrons. The first-order chi connectivity index (χ1) is 16.7. The fourth-order valence-electron chi connectivity index (χ4n) is 5.69. The Balaban J connectivity index is 1.19. The smallest absolute Gasteiger partial charge is 0.266 e. The Morgan fingerprint density at radius 3 is 2.40 bits per heavy atom. The molecule has 0 bridgehead atoms. The zero-order valence-electron chi connectivity index (χ0n) is 20.8. The number of thiophene rings is 1. The van der Waals surface area contributed by atoms with Crippen LogP contribution in [-0.2, 0) is 7.05 Å². The molecule has 9 nitrogen and oxygen atoms in total. The number of amides is 2. The normalized spacial score (nSPS) is 18.3. The van der Waals surface area contributed by atoms with Crippen LogP contribution in [-0.4, -0.2) is 55.8 Å². The van der Waals surface area contributed by atoms with Gasteiger partial charge in [-0.05, 0) is 70.3 Å². The molecule has 10 heteroatoms. The summed E-state index contributed by atoms with van der Waals surface area (Å²) in [6, 6.07) is 0.193. The molecule has 0 unspecified atom stereocenters. The van der Waals surface area contributed by atoms with E-state index >= 15 is 0 Å². The first kappa shape index (κ1) is 23.7. The zero-order valence-corrected chi connectivity index (χ0v) is 21.7. The van der Waals surface area contributed by atoms with Gasteiger partial charge in [-0.15, -0.1) is 16.4 Å². The highest BCUT2D eigenvalue weighted by Crippen LogP contribution is 2.45. The van der Waals surface area contributed by atoms with Crippen molar-refractivity contribution < 1.29 is 9.59 Å². The second-order valence-corrected chi connectivity index (χ2v) is 11.3. The minimum absolute atomic E-state index is 0.00481. The number of aryl methyl sites for hydroxylation is 4. The van der Waals surface area contributed by atoms with Gasteiger partial charge in [0.15, 0.2) is 0 Å². The average molecular weight is 496 g/mol. The van der Waals surface area contributed by atoms with Crippen molar-refractivity contribution in [3.63, 3.8) is 0 Å². The number of fused-ring (bicyclic) bond motifs is 1. The standard InChI is InChI=1S/C25H33N7O2S/c1-14-15(2)28-29-23-19(14)20(26)21(35-23)24(34)32-11-9-25(10-12-32)7-5-17(6-8-25)27-22(33)18-13-31(4)30-16(18)3/h13,17H,5-12,26H2,1-4H3,(H,27,33). The van der Waals surface area contributed by atoms with Crippen molar-refractivity contribution in [2.45, 2.75) is 65.3 Å². The van der Waals surface area contributed by atoms with Crippen LogP contribution < -0.4 is 11.1 Å². The van der Waals surface area contributed by atoms with Gasteiger partial charge < -0.3 is 16.0 Å². The fraction of sp³-hybridized carbons (Fsp3) is 0.560. The highest BCUT2D eigenvalue weighted by Gasteiger charge is 2.40. The Morgan fingerprint density at radius 2 is 1.77 bits per heavy atom. The Hall–Kier alpha value is -3.01. The lowest BCUT2D eigenvalue weighted by Gasteiger charge is -2.46. The summed E-state index contributed by atoms with van der Waals surface area (Å²) in [5.41, 5.74) is 10.4. The summed E-state index contributed by atoms with van der Waals surface area (Å²) in [7, 11) is 1.83. The van der Waals surface area contributed by atoms with Gasteiger partial charge in [0.05, 0.1) is 22.6 Å². The van der Waals surface area contributed by atoms with Crippen molar-refractivity contribution in [2.24, 2.45) is 12.5 Å². The summed E-state index contributed by atoms with van der Waals surface area (Å²) in [6.45, 7) is 7.22. The van der Waals surface area contributed by atoms with E-state index in [1.165, 1.54) is 11.3 Å². The molecule has 1 saturated heterocycles. The van der Waals surface area contributed by atoms with E-state index in [-0.39, 0.29) is 23.3 Å². The maximum atomic E-state index is 13.3. The molecule has 35 heavy (non-hydrogen) atoms. The Bertz CT molecular complexity index is 1290. The minimum Gasteiger partial charge on any atom is -0.397 e. The van der Waals surface area contributed by atoms with Crippen molar-refractivity contribution in [1.29, 1.82) is 0 Å². The first-order valence-corrected chi connectivity index (χ1v) is 13.1. The topological polar surface area (TPSA) is 119 Å². The number of carbonyl (C=O) groups excluding carboxylic acids is 2. The van der Waals surface area contributed by atoms with Crippen molar-refractivity contribution >= 4 is 39.1 Å². The molecule has 4 heterocycles. The second kappa shape index (κ2) is 8.89. The van der Waals surface area contributed by atoms with Gasteiger partial charge in [-0.3, -0.25) is 14.3 Å². The maximum Gasteiger partial charge on any atom is 0.266 e. The van der Waals surface area contributed by atoms with Gasteiger partial charge in [-0.25, -0.2) is 0 Å². The van der Waals surface area contributed by atoms with Gasteiger partial charge in [-0.1, -0.05) is 0 Å². The van der Waals surface area contributed by atoms with Crippen molar-refractivity contribution in [1.82, 2.24) is 30.2 Å². The van der Waals surface area contributed by atoms with Crippen LogP contribution >= 0.6 is 11.3 Å². The van der Waals surface area contributed by atoms with Crippen molar-refractivity contribution in [3.8, 4) is 0 Å². The molecule has 2 amide bonds. The molecule has 5 rings (SSSR count). The summed E-state index contributed by atoms with van der Waals surface area (Å²) in [5, 5.41) is 16.8. The monoisotopic (exact) mass is 495 g/mol. The predicted octanol–water partition coefficient (Wildman–Crippen LogP) is 3.53. The lowest BCUT2D eigenvalue weighted by Crippen LogP contribution is -2.47. The summed E-state index contributed by atoms with van der Waals surface area (Å²) in [4.78, 5) is 29.3. The van der Waals surface area contributed by atoms with Crippen LogP contribution in [0.1, 0.15) is 75.5 Å². The van der Waals surface area contributed by atoms with Crippen molar-refractivity contribution in [3.05, 3.63) is 33.6 Å². The zero-order chi connectivity index (χ0) is 24.9. The molecule has 0 radical (unpaired) electrons. The number of rotatable bonds is 3. The van der Waals surface area contributed by atoms with E-state index in [1.54, 1.807) is 10.9 Å². The molecule has 3 N–H and O–H groups in total. The third-order valence-corrected chi connectivity index (χ3v) is 9.16. The number of nitrogens with one attached hydrogen (secondary N) is 1. The lowest BCUT2D eigenvalue weighted by molar-refractivity contribution is 0.0430. The number of likely N-dealkylation sites (tertiary alicyclic amines) is 1. The number of anilines is 1. The van der Waals surface area contributed by atoms with E-state index in [2.05, 4.69) is 20.6 Å². The summed E-state index contributed by atoms with van der Waals surface area (Å²) < 4.78 is 1.68. The number of piperidine rings is 1. The van der Waals surface area contributed by atoms with Gasteiger partial charge >= 0.3 is 0 Å². The van der Waals surface area contributed by atoms with Crippen LogP contribution in [0.2, 0.25) is 0 Å². The van der Waals surface area contributed by atoms with Gasteiger partial charge in [0, 0.05) is 37.8 Å². The summed E-state index contributed by atoms with van der Waals surface area (Å²) in [6.07, 6.45) is 7.85. The summed E-state index contributed by atoms with van der Waals surface area (Å²) in [5.74, 6) is -0.0294. The molecule has 1 saturated carbocycles. The van der Waals surface area contributed by atoms with Crippen LogP contribution in [0.5, 0.6) is 0 Å². The van der Waals surface area contributed by atoms with E-state index in [0.29, 0.717) is 16.1 Å². The van der Waals surface area contributed by atoms with Crippen LogP contribution in [0.4, 0.5) is 5.69 Å². The molecule has 2 aliphatic rings. The molecular weight excluding hydrogens is 462 g/mol. The Morgan fingerprint density at radius 1 is 1.09 bits per heavy atom. The number of hydrogen-bond donors (Lipinski definition) is 2. The van der Waals surface area contributed by atoms with E-state index in [1.807, 2.05) is 32.7 Å². The van der Waals surface area contributed by atoms with E-state index in [0.717, 1.165) is 78.8 Å². The number of nitrogens with zero attached hydrogens (tertiary/aromatic N) is 5. The van der Waals surface area contributed by atoms with Crippen LogP contribution in [0.15, 0.2) is 6.20 Å². The lowest BCUT2D eigenvalue weighted by atomic mass is 9.67. The Labute approximate surface area is 209 Å². The third-order valence-electron chi connectivity index (χ3n) is 8.08. The number of hydrogen-bond acceptors (Lipinski definition) is 7. The average Bonchev–Trinajstić information content (AvgIpc) is 3.36. The quantitative estimate of drug-likeness (QED) is 0.574. The third kappa shape index (κ3) is 4.28. The molecular formula is C25H33N7O2S. The van der Waals surface area contributed by atoms with E-state index < -0.39 is 0 Å². The Kier molecular flexibility index (Phi) is 6.03. The highest BCUT2D eigenvalue weighted by atomic mass is 32.1. The molecule has 3 aromatic heterocycles. The van der Waals surface area contributed by atoms with Gasteiger partial charge in [-0.2, -0.15) is 10.2 Å². The molecule has 3 aromatic rings.